The van der Waals surface area contributed by atoms with Crippen LogP contribution < -0.4 is 9.47 Å². The highest BCUT2D eigenvalue weighted by Gasteiger charge is 2.27. The SMILES string of the molecule is C=CC(=C)c1cc(OC)cc2ccc([C@@H]3CCCO3)[n+]([O-])c12. The largest absolute Gasteiger partial charge is 0.618 e. The summed E-state index contributed by atoms with van der Waals surface area (Å²) in [5.74, 6) is 0.690. The number of aromatic nitrogens is 1. The highest BCUT2D eigenvalue weighted by molar-refractivity contribution is 5.92. The summed E-state index contributed by atoms with van der Waals surface area (Å²) in [4.78, 5) is 0. The van der Waals surface area contributed by atoms with E-state index in [1.165, 1.54) is 0 Å². The van der Waals surface area contributed by atoms with Crippen LogP contribution in [0.15, 0.2) is 43.5 Å². The van der Waals surface area contributed by atoms with E-state index in [0.717, 1.165) is 28.5 Å². The third-order valence-corrected chi connectivity index (χ3v) is 4.07. The summed E-state index contributed by atoms with van der Waals surface area (Å²) in [6.45, 7) is 8.44. The van der Waals surface area contributed by atoms with Gasteiger partial charge in [0.05, 0.1) is 18.1 Å². The Kier molecular flexibility index (Phi) is 3.86. The Morgan fingerprint density at radius 2 is 2.27 bits per heavy atom. The summed E-state index contributed by atoms with van der Waals surface area (Å²) in [6.07, 6.45) is 3.38. The number of nitrogens with zero attached hydrogens (tertiary/aromatic N) is 1. The van der Waals surface area contributed by atoms with E-state index in [1.54, 1.807) is 13.2 Å². The molecule has 0 unspecified atom stereocenters. The lowest BCUT2D eigenvalue weighted by Gasteiger charge is -2.15. The van der Waals surface area contributed by atoms with Gasteiger partial charge in [0.1, 0.15) is 11.9 Å². The highest BCUT2D eigenvalue weighted by atomic mass is 16.5. The minimum atomic E-state index is -0.131. The molecular formula is C18H19NO3. The van der Waals surface area contributed by atoms with Crippen molar-refractivity contribution in [2.75, 3.05) is 13.7 Å². The molecule has 1 aromatic carbocycles. The number of pyridine rings is 1. The second-order valence-corrected chi connectivity index (χ2v) is 5.40. The molecule has 1 saturated heterocycles. The van der Waals surface area contributed by atoms with E-state index in [9.17, 15) is 5.21 Å². The number of ether oxygens (including phenoxy) is 2. The summed E-state index contributed by atoms with van der Waals surface area (Å²) in [5.41, 5.74) is 2.66. The van der Waals surface area contributed by atoms with Gasteiger partial charge in [0, 0.05) is 12.7 Å². The van der Waals surface area contributed by atoms with Crippen molar-refractivity contribution in [1.82, 2.24) is 0 Å². The molecule has 4 heteroatoms. The first-order valence-corrected chi connectivity index (χ1v) is 7.33. The van der Waals surface area contributed by atoms with Gasteiger partial charge in [-0.15, -0.1) is 0 Å². The molecular weight excluding hydrogens is 278 g/mol. The number of fused-ring (bicyclic) bond motifs is 1. The summed E-state index contributed by atoms with van der Waals surface area (Å²) >= 11 is 0. The van der Waals surface area contributed by atoms with E-state index in [4.69, 9.17) is 9.47 Å². The molecule has 0 spiro atoms. The molecule has 0 radical (unpaired) electrons. The average Bonchev–Trinajstić information content (AvgIpc) is 3.07. The Bertz CT molecular complexity index is 746. The third kappa shape index (κ3) is 2.35. The highest BCUT2D eigenvalue weighted by Crippen LogP contribution is 2.31. The van der Waals surface area contributed by atoms with Crippen molar-refractivity contribution in [2.24, 2.45) is 0 Å². The molecule has 2 heterocycles. The maximum Gasteiger partial charge on any atom is 0.232 e. The fourth-order valence-electron chi connectivity index (χ4n) is 2.88. The Balaban J connectivity index is 2.27. The molecule has 1 aromatic heterocycles. The fourth-order valence-corrected chi connectivity index (χ4v) is 2.88. The molecule has 0 aliphatic carbocycles. The average molecular weight is 297 g/mol. The van der Waals surface area contributed by atoms with Crippen molar-refractivity contribution in [3.63, 3.8) is 0 Å². The normalized spacial score (nSPS) is 17.6. The maximum absolute atomic E-state index is 12.9. The topological polar surface area (TPSA) is 45.4 Å². The van der Waals surface area contributed by atoms with Crippen LogP contribution in [-0.2, 0) is 4.74 Å². The first kappa shape index (κ1) is 14.6. The first-order chi connectivity index (χ1) is 10.7. The number of rotatable bonds is 4. The molecule has 0 N–H and O–H groups in total. The van der Waals surface area contributed by atoms with Crippen LogP contribution in [0.3, 0.4) is 0 Å². The molecule has 2 aromatic rings. The van der Waals surface area contributed by atoms with Crippen molar-refractivity contribution in [3.05, 3.63) is 60.0 Å². The van der Waals surface area contributed by atoms with Gasteiger partial charge in [-0.25, -0.2) is 0 Å². The minimum absolute atomic E-state index is 0.131. The van der Waals surface area contributed by atoms with Gasteiger partial charge in [0.15, 0.2) is 0 Å². The fraction of sp³-hybridized carbons (Fsp3) is 0.278. The predicted octanol–water partition coefficient (Wildman–Crippen LogP) is 3.53. The van der Waals surface area contributed by atoms with E-state index in [0.29, 0.717) is 29.1 Å². The molecule has 1 fully saturated rings. The number of methoxy groups -OCH3 is 1. The summed E-state index contributed by atoms with van der Waals surface area (Å²) in [7, 11) is 1.60. The second kappa shape index (κ2) is 5.81. The van der Waals surface area contributed by atoms with Crippen LogP contribution in [0.2, 0.25) is 0 Å². The van der Waals surface area contributed by atoms with Gasteiger partial charge in [0.2, 0.25) is 11.2 Å². The van der Waals surface area contributed by atoms with Crippen LogP contribution in [-0.4, -0.2) is 13.7 Å². The van der Waals surface area contributed by atoms with Crippen LogP contribution in [0.5, 0.6) is 5.75 Å². The quantitative estimate of drug-likeness (QED) is 0.492. The number of allylic oxidation sites excluding steroid dienone is 2. The van der Waals surface area contributed by atoms with Gasteiger partial charge in [0.25, 0.3) is 0 Å². The van der Waals surface area contributed by atoms with E-state index in [1.807, 2.05) is 24.3 Å². The molecule has 22 heavy (non-hydrogen) atoms. The van der Waals surface area contributed by atoms with E-state index in [-0.39, 0.29) is 6.10 Å². The first-order valence-electron chi connectivity index (χ1n) is 7.33. The summed E-state index contributed by atoms with van der Waals surface area (Å²) in [5, 5.41) is 13.7. The Morgan fingerprint density at radius 1 is 1.45 bits per heavy atom. The summed E-state index contributed by atoms with van der Waals surface area (Å²) in [6, 6.07) is 7.44. The van der Waals surface area contributed by atoms with Crippen molar-refractivity contribution in [3.8, 4) is 5.75 Å². The zero-order chi connectivity index (χ0) is 15.7. The van der Waals surface area contributed by atoms with E-state index >= 15 is 0 Å². The van der Waals surface area contributed by atoms with Gasteiger partial charge in [-0.05, 0) is 36.6 Å². The molecule has 1 aliphatic heterocycles. The molecule has 1 aliphatic rings. The minimum Gasteiger partial charge on any atom is -0.618 e. The summed E-state index contributed by atoms with van der Waals surface area (Å²) < 4.78 is 11.9. The number of hydrogen-bond acceptors (Lipinski definition) is 3. The van der Waals surface area contributed by atoms with Crippen LogP contribution in [0, 0.1) is 5.21 Å². The van der Waals surface area contributed by atoms with Crippen LogP contribution in [0.25, 0.3) is 16.5 Å². The lowest BCUT2D eigenvalue weighted by Crippen LogP contribution is -2.35. The Labute approximate surface area is 129 Å². The van der Waals surface area contributed by atoms with E-state index < -0.39 is 0 Å². The monoisotopic (exact) mass is 297 g/mol. The zero-order valence-electron chi connectivity index (χ0n) is 12.7. The Morgan fingerprint density at radius 3 is 2.91 bits per heavy atom. The second-order valence-electron chi connectivity index (χ2n) is 5.40. The van der Waals surface area contributed by atoms with Gasteiger partial charge in [-0.2, -0.15) is 4.73 Å². The number of benzene rings is 1. The van der Waals surface area contributed by atoms with Crippen molar-refractivity contribution in [1.29, 1.82) is 0 Å². The molecule has 0 amide bonds. The molecule has 0 bridgehead atoms. The smallest absolute Gasteiger partial charge is 0.232 e. The molecule has 3 rings (SSSR count). The molecule has 0 saturated carbocycles. The van der Waals surface area contributed by atoms with Gasteiger partial charge < -0.3 is 14.7 Å². The van der Waals surface area contributed by atoms with E-state index in [2.05, 4.69) is 13.2 Å². The Hall–Kier alpha value is -2.33. The van der Waals surface area contributed by atoms with Crippen LogP contribution in [0.4, 0.5) is 0 Å². The third-order valence-electron chi connectivity index (χ3n) is 4.07. The van der Waals surface area contributed by atoms with Crippen molar-refractivity contribution >= 4 is 16.5 Å². The van der Waals surface area contributed by atoms with Gasteiger partial charge in [-0.1, -0.05) is 19.2 Å². The van der Waals surface area contributed by atoms with Crippen molar-refractivity contribution in [2.45, 2.75) is 18.9 Å². The van der Waals surface area contributed by atoms with Crippen LogP contribution >= 0.6 is 0 Å². The molecule has 1 atom stereocenters. The zero-order valence-corrected chi connectivity index (χ0v) is 12.7. The maximum atomic E-state index is 12.9. The lowest BCUT2D eigenvalue weighted by molar-refractivity contribution is -0.591. The molecule has 4 nitrogen and oxygen atoms in total. The van der Waals surface area contributed by atoms with Crippen molar-refractivity contribution < 1.29 is 14.2 Å². The van der Waals surface area contributed by atoms with Gasteiger partial charge in [-0.3, -0.25) is 0 Å². The predicted molar refractivity (Wildman–Crippen MR) is 86.6 cm³/mol. The molecule has 114 valence electrons. The van der Waals surface area contributed by atoms with Gasteiger partial charge >= 0.3 is 0 Å². The number of hydrogen-bond donors (Lipinski definition) is 0. The van der Waals surface area contributed by atoms with Crippen LogP contribution in [0.1, 0.15) is 30.2 Å². The lowest BCUT2D eigenvalue weighted by atomic mass is 10.0. The standard InChI is InChI=1S/C18H19NO3/c1-4-12(2)15-11-14(21-3)10-13-7-8-16(19(20)18(13)15)17-6-5-9-22-17/h4,7-8,10-11,17H,1-2,5-6,9H2,3H3/t17-/m0/s1.